The highest BCUT2D eigenvalue weighted by Crippen LogP contribution is 2.23. The molecule has 21 heavy (non-hydrogen) atoms. The summed E-state index contributed by atoms with van der Waals surface area (Å²) in [4.78, 5) is 12.1. The van der Waals surface area contributed by atoms with Crippen molar-refractivity contribution in [2.75, 3.05) is 24.9 Å². The van der Waals surface area contributed by atoms with Crippen molar-refractivity contribution in [3.05, 3.63) is 40.6 Å². The highest BCUT2D eigenvalue weighted by molar-refractivity contribution is 7.80. The van der Waals surface area contributed by atoms with Gasteiger partial charge in [0.1, 0.15) is 10.6 Å². The number of carbonyl (C=O) groups is 1. The molecule has 1 aromatic carbocycles. The van der Waals surface area contributed by atoms with Crippen LogP contribution in [0.5, 0.6) is 5.75 Å². The van der Waals surface area contributed by atoms with Gasteiger partial charge < -0.3 is 20.1 Å². The number of benzene rings is 1. The van der Waals surface area contributed by atoms with E-state index in [1.54, 1.807) is 18.6 Å². The molecule has 0 spiro atoms. The van der Waals surface area contributed by atoms with Gasteiger partial charge in [0.2, 0.25) is 0 Å². The van der Waals surface area contributed by atoms with Crippen molar-refractivity contribution < 1.29 is 14.3 Å². The third kappa shape index (κ3) is 3.93. The molecule has 2 N–H and O–H groups in total. The van der Waals surface area contributed by atoms with Gasteiger partial charge in [-0.3, -0.25) is 0 Å². The number of rotatable bonds is 4. The molecule has 1 aromatic heterocycles. The smallest absolute Gasteiger partial charge is 0.350 e. The SMILES string of the molecule is COC(=O)c1sccc1NC(=S)Nc1cccc(OC)c1. The Hall–Kier alpha value is -2.12. The Bertz CT molecular complexity index is 655. The first-order valence-electron chi connectivity index (χ1n) is 6.02. The van der Waals surface area contributed by atoms with Gasteiger partial charge in [-0.05, 0) is 35.8 Å². The van der Waals surface area contributed by atoms with Crippen LogP contribution in [0.3, 0.4) is 0 Å². The predicted molar refractivity (Wildman–Crippen MR) is 88.5 cm³/mol. The van der Waals surface area contributed by atoms with E-state index in [4.69, 9.17) is 21.7 Å². The Morgan fingerprint density at radius 2 is 2.05 bits per heavy atom. The molecule has 0 saturated heterocycles. The summed E-state index contributed by atoms with van der Waals surface area (Å²) in [6.45, 7) is 0. The minimum Gasteiger partial charge on any atom is -0.497 e. The number of hydrogen-bond acceptors (Lipinski definition) is 5. The molecule has 0 saturated carbocycles. The van der Waals surface area contributed by atoms with Crippen LogP contribution in [0.25, 0.3) is 0 Å². The van der Waals surface area contributed by atoms with E-state index >= 15 is 0 Å². The molecule has 0 aliphatic heterocycles. The van der Waals surface area contributed by atoms with Crippen molar-refractivity contribution in [2.45, 2.75) is 0 Å². The lowest BCUT2D eigenvalue weighted by molar-refractivity contribution is 0.0607. The van der Waals surface area contributed by atoms with Crippen LogP contribution in [0, 0.1) is 0 Å². The minimum atomic E-state index is -0.392. The second kappa shape index (κ2) is 7.05. The maximum atomic E-state index is 11.6. The lowest BCUT2D eigenvalue weighted by Crippen LogP contribution is -2.20. The molecule has 2 rings (SSSR count). The van der Waals surface area contributed by atoms with Crippen molar-refractivity contribution in [1.82, 2.24) is 0 Å². The van der Waals surface area contributed by atoms with Gasteiger partial charge >= 0.3 is 5.97 Å². The van der Waals surface area contributed by atoms with Crippen LogP contribution in [0.2, 0.25) is 0 Å². The van der Waals surface area contributed by atoms with Gasteiger partial charge in [0, 0.05) is 11.8 Å². The standard InChI is InChI=1S/C14H14N2O3S2/c1-18-10-5-3-4-9(8-10)15-14(20)16-11-6-7-21-12(11)13(17)19-2/h3-8H,1-2H3,(H2,15,16,20). The van der Waals surface area contributed by atoms with Crippen LogP contribution in [0.15, 0.2) is 35.7 Å². The lowest BCUT2D eigenvalue weighted by atomic mass is 10.3. The quantitative estimate of drug-likeness (QED) is 0.665. The molecule has 0 amide bonds. The van der Waals surface area contributed by atoms with Gasteiger partial charge in [-0.15, -0.1) is 11.3 Å². The van der Waals surface area contributed by atoms with E-state index in [0.717, 1.165) is 11.4 Å². The van der Waals surface area contributed by atoms with Crippen molar-refractivity contribution >= 4 is 46.0 Å². The molecular weight excluding hydrogens is 308 g/mol. The Labute approximate surface area is 131 Å². The van der Waals surface area contributed by atoms with Gasteiger partial charge in [0.25, 0.3) is 0 Å². The fourth-order valence-electron chi connectivity index (χ4n) is 1.64. The molecular formula is C14H14N2O3S2. The maximum absolute atomic E-state index is 11.6. The van der Waals surface area contributed by atoms with Crippen LogP contribution in [0.4, 0.5) is 11.4 Å². The summed E-state index contributed by atoms with van der Waals surface area (Å²) in [6, 6.07) is 9.16. The summed E-state index contributed by atoms with van der Waals surface area (Å²) < 4.78 is 9.86. The fourth-order valence-corrected chi connectivity index (χ4v) is 2.64. The van der Waals surface area contributed by atoms with E-state index in [2.05, 4.69) is 10.6 Å². The molecule has 0 bridgehead atoms. The summed E-state index contributed by atoms with van der Waals surface area (Å²) >= 11 is 6.53. The van der Waals surface area contributed by atoms with E-state index in [9.17, 15) is 4.79 Å². The van der Waals surface area contributed by atoms with Crippen LogP contribution in [0.1, 0.15) is 9.67 Å². The summed E-state index contributed by atoms with van der Waals surface area (Å²) in [6.07, 6.45) is 0. The number of esters is 1. The largest absolute Gasteiger partial charge is 0.497 e. The van der Waals surface area contributed by atoms with Crippen molar-refractivity contribution in [3.63, 3.8) is 0 Å². The Morgan fingerprint density at radius 3 is 2.76 bits per heavy atom. The molecule has 0 atom stereocenters. The number of thiophene rings is 1. The first-order chi connectivity index (χ1) is 10.1. The molecule has 2 aromatic rings. The van der Waals surface area contributed by atoms with E-state index in [-0.39, 0.29) is 0 Å². The molecule has 0 aliphatic rings. The minimum absolute atomic E-state index is 0.381. The normalized spacial score (nSPS) is 9.81. The average molecular weight is 322 g/mol. The summed E-state index contributed by atoms with van der Waals surface area (Å²) in [5, 5.41) is 8.19. The molecule has 0 fully saturated rings. The highest BCUT2D eigenvalue weighted by Gasteiger charge is 2.14. The molecule has 0 radical (unpaired) electrons. The van der Waals surface area contributed by atoms with E-state index in [1.165, 1.54) is 18.4 Å². The van der Waals surface area contributed by atoms with E-state index in [1.807, 2.05) is 24.3 Å². The highest BCUT2D eigenvalue weighted by atomic mass is 32.1. The first kappa shape index (κ1) is 15.3. The Balaban J connectivity index is 2.05. The van der Waals surface area contributed by atoms with Crippen molar-refractivity contribution in [1.29, 1.82) is 0 Å². The third-order valence-corrected chi connectivity index (χ3v) is 3.71. The first-order valence-corrected chi connectivity index (χ1v) is 7.30. The topological polar surface area (TPSA) is 59.6 Å². The van der Waals surface area contributed by atoms with Crippen molar-refractivity contribution in [2.24, 2.45) is 0 Å². The maximum Gasteiger partial charge on any atom is 0.350 e. The summed E-state index contributed by atoms with van der Waals surface area (Å²) in [5.74, 6) is 0.338. The van der Waals surface area contributed by atoms with Gasteiger partial charge in [0.05, 0.1) is 19.9 Å². The summed E-state index contributed by atoms with van der Waals surface area (Å²) in [5.41, 5.74) is 1.41. The number of anilines is 2. The zero-order valence-corrected chi connectivity index (χ0v) is 13.1. The Kier molecular flexibility index (Phi) is 5.13. The molecule has 0 aliphatic carbocycles. The zero-order valence-electron chi connectivity index (χ0n) is 11.5. The van der Waals surface area contributed by atoms with E-state index in [0.29, 0.717) is 15.7 Å². The number of thiocarbonyl (C=S) groups is 1. The van der Waals surface area contributed by atoms with E-state index < -0.39 is 5.97 Å². The zero-order chi connectivity index (χ0) is 15.2. The molecule has 0 unspecified atom stereocenters. The van der Waals surface area contributed by atoms with Gasteiger partial charge in [-0.25, -0.2) is 4.79 Å². The number of carbonyl (C=O) groups excluding carboxylic acids is 1. The molecule has 110 valence electrons. The van der Waals surface area contributed by atoms with Gasteiger partial charge in [0.15, 0.2) is 5.11 Å². The van der Waals surface area contributed by atoms with Gasteiger partial charge in [-0.1, -0.05) is 6.07 Å². The van der Waals surface area contributed by atoms with Crippen LogP contribution in [-0.2, 0) is 4.74 Å². The number of methoxy groups -OCH3 is 2. The third-order valence-electron chi connectivity index (χ3n) is 2.61. The predicted octanol–water partition coefficient (Wildman–Crippen LogP) is 3.35. The number of nitrogens with one attached hydrogen (secondary N) is 2. The molecule has 7 heteroatoms. The van der Waals surface area contributed by atoms with Crippen molar-refractivity contribution in [3.8, 4) is 5.75 Å². The molecule has 1 heterocycles. The summed E-state index contributed by atoms with van der Waals surface area (Å²) in [7, 11) is 2.95. The van der Waals surface area contributed by atoms with Gasteiger partial charge in [-0.2, -0.15) is 0 Å². The number of hydrogen-bond donors (Lipinski definition) is 2. The van der Waals surface area contributed by atoms with Crippen LogP contribution in [-0.4, -0.2) is 25.3 Å². The fraction of sp³-hybridized carbons (Fsp3) is 0.143. The second-order valence-corrected chi connectivity index (χ2v) is 5.29. The Morgan fingerprint density at radius 1 is 1.24 bits per heavy atom. The monoisotopic (exact) mass is 322 g/mol. The second-order valence-electron chi connectivity index (χ2n) is 3.97. The average Bonchev–Trinajstić information content (AvgIpc) is 2.94. The van der Waals surface area contributed by atoms with Crippen LogP contribution >= 0.6 is 23.6 Å². The van der Waals surface area contributed by atoms with Crippen LogP contribution < -0.4 is 15.4 Å². The lowest BCUT2D eigenvalue weighted by Gasteiger charge is -2.11. The molecule has 5 nitrogen and oxygen atoms in total. The number of ether oxygens (including phenoxy) is 2.